The van der Waals surface area contributed by atoms with Crippen LogP contribution in [0.4, 0.5) is 5.82 Å². The number of nitrogen functional groups attached to an aromatic ring is 1. The van der Waals surface area contributed by atoms with E-state index < -0.39 is 0 Å². The first-order valence-corrected chi connectivity index (χ1v) is 10.8. The minimum atomic E-state index is -0.315. The van der Waals surface area contributed by atoms with Gasteiger partial charge in [0.25, 0.3) is 5.91 Å². The lowest BCUT2D eigenvalue weighted by Crippen LogP contribution is -2.46. The number of aromatic nitrogens is 4. The number of hydrogen-bond acceptors (Lipinski definition) is 6. The molecule has 0 bridgehead atoms. The molecule has 4 aromatic rings. The van der Waals surface area contributed by atoms with Gasteiger partial charge in [0, 0.05) is 12.1 Å². The third-order valence-electron chi connectivity index (χ3n) is 5.81. The lowest BCUT2D eigenvalue weighted by molar-refractivity contribution is -0.117. The van der Waals surface area contributed by atoms with Gasteiger partial charge in [-0.2, -0.15) is 0 Å². The van der Waals surface area contributed by atoms with Crippen LogP contribution in [-0.4, -0.2) is 31.1 Å². The number of fused-ring (bicyclic) bond motifs is 1. The van der Waals surface area contributed by atoms with Gasteiger partial charge in [-0.3, -0.25) is 13.9 Å². The van der Waals surface area contributed by atoms with Crippen LogP contribution < -0.4 is 21.5 Å². The van der Waals surface area contributed by atoms with Crippen LogP contribution in [0.3, 0.4) is 0 Å². The van der Waals surface area contributed by atoms with Crippen molar-refractivity contribution in [3.63, 3.8) is 0 Å². The summed E-state index contributed by atoms with van der Waals surface area (Å²) in [5.74, 6) is 6.32. The molecule has 0 spiro atoms. The van der Waals surface area contributed by atoms with Gasteiger partial charge in [-0.25, -0.2) is 14.8 Å². The number of para-hydroxylation sites is 1. The van der Waals surface area contributed by atoms with Gasteiger partial charge in [0.15, 0.2) is 11.5 Å². The standard InChI is InChI=1S/C25H22N6O3/c1-2-6-21(32)29-16-13-18(14-16)31-24-22(23(26)27-15-28-24)30(25(31)33)17-9-11-20(12-10-17)34-19-7-4-3-5-8-19/h3-5,7-12,15-16,18H,13-14H2,1H3,(H,29,32)(H2,26,27,28). The van der Waals surface area contributed by atoms with E-state index in [-0.39, 0.29) is 29.5 Å². The number of amides is 1. The van der Waals surface area contributed by atoms with Crippen LogP contribution in [0.25, 0.3) is 16.9 Å². The minimum absolute atomic E-state index is 0.0442. The Bertz CT molecular complexity index is 1470. The van der Waals surface area contributed by atoms with Crippen molar-refractivity contribution in [2.24, 2.45) is 0 Å². The van der Waals surface area contributed by atoms with Crippen molar-refractivity contribution < 1.29 is 9.53 Å². The predicted molar refractivity (Wildman–Crippen MR) is 128 cm³/mol. The number of hydrogen-bond donors (Lipinski definition) is 2. The maximum atomic E-state index is 13.5. The summed E-state index contributed by atoms with van der Waals surface area (Å²) in [6.45, 7) is 1.61. The van der Waals surface area contributed by atoms with Crippen LogP contribution in [-0.2, 0) is 4.79 Å². The molecule has 9 heteroatoms. The second-order valence-corrected chi connectivity index (χ2v) is 8.00. The highest BCUT2D eigenvalue weighted by atomic mass is 16.5. The van der Waals surface area contributed by atoms with Crippen molar-refractivity contribution in [3.05, 3.63) is 71.4 Å². The van der Waals surface area contributed by atoms with Crippen LogP contribution in [0.5, 0.6) is 11.5 Å². The minimum Gasteiger partial charge on any atom is -0.457 e. The Kier molecular flexibility index (Phi) is 5.47. The first kappa shape index (κ1) is 21.3. The molecular weight excluding hydrogens is 432 g/mol. The summed E-state index contributed by atoms with van der Waals surface area (Å²) >= 11 is 0. The van der Waals surface area contributed by atoms with Crippen molar-refractivity contribution in [2.75, 3.05) is 5.73 Å². The lowest BCUT2D eigenvalue weighted by Gasteiger charge is -2.35. The SMILES string of the molecule is CC#CC(=O)NC1CC(n2c(=O)n(-c3ccc(Oc4ccccc4)cc3)c3c(N)ncnc32)C1. The summed E-state index contributed by atoms with van der Waals surface area (Å²) < 4.78 is 9.01. The maximum Gasteiger partial charge on any atom is 0.335 e. The largest absolute Gasteiger partial charge is 0.457 e. The van der Waals surface area contributed by atoms with E-state index in [1.807, 2.05) is 30.3 Å². The zero-order valence-corrected chi connectivity index (χ0v) is 18.4. The number of rotatable bonds is 5. The number of carbonyl (C=O) groups excluding carboxylic acids is 1. The number of imidazole rings is 1. The van der Waals surface area contributed by atoms with Gasteiger partial charge in [-0.1, -0.05) is 24.1 Å². The van der Waals surface area contributed by atoms with Crippen LogP contribution in [0.15, 0.2) is 65.7 Å². The summed E-state index contributed by atoms with van der Waals surface area (Å²) in [6, 6.07) is 16.5. The molecule has 9 nitrogen and oxygen atoms in total. The van der Waals surface area contributed by atoms with Crippen molar-refractivity contribution in [2.45, 2.75) is 31.8 Å². The predicted octanol–water partition coefficient (Wildman–Crippen LogP) is 2.80. The molecule has 1 saturated carbocycles. The molecule has 0 atom stereocenters. The molecule has 1 aliphatic carbocycles. The molecule has 0 radical (unpaired) electrons. The Morgan fingerprint density at radius 2 is 1.79 bits per heavy atom. The van der Waals surface area contributed by atoms with E-state index in [1.165, 1.54) is 10.9 Å². The molecule has 0 aliphatic heterocycles. The molecule has 1 aliphatic rings. The maximum absolute atomic E-state index is 13.5. The van der Waals surface area contributed by atoms with Crippen LogP contribution >= 0.6 is 0 Å². The summed E-state index contributed by atoms with van der Waals surface area (Å²) in [7, 11) is 0. The van der Waals surface area contributed by atoms with Gasteiger partial charge < -0.3 is 15.8 Å². The second-order valence-electron chi connectivity index (χ2n) is 8.00. The summed E-state index contributed by atoms with van der Waals surface area (Å²) in [4.78, 5) is 33.7. The molecular formula is C25H22N6O3. The molecule has 170 valence electrons. The average Bonchev–Trinajstić information content (AvgIpc) is 3.10. The van der Waals surface area contributed by atoms with E-state index in [2.05, 4.69) is 27.1 Å². The Hall–Kier alpha value is -4.58. The smallest absolute Gasteiger partial charge is 0.335 e. The van der Waals surface area contributed by atoms with E-state index in [1.54, 1.807) is 35.8 Å². The Morgan fingerprint density at radius 3 is 2.50 bits per heavy atom. The molecule has 2 aromatic heterocycles. The van der Waals surface area contributed by atoms with E-state index in [4.69, 9.17) is 10.5 Å². The number of nitrogens with two attached hydrogens (primary N) is 1. The Balaban J connectivity index is 1.47. The first-order chi connectivity index (χ1) is 16.5. The normalized spacial score (nSPS) is 16.9. The molecule has 2 heterocycles. The van der Waals surface area contributed by atoms with Crippen LogP contribution in [0.2, 0.25) is 0 Å². The molecule has 5 rings (SSSR count). The zero-order chi connectivity index (χ0) is 23.7. The highest BCUT2D eigenvalue weighted by Gasteiger charge is 2.35. The zero-order valence-electron chi connectivity index (χ0n) is 18.4. The number of nitrogens with zero attached hydrogens (tertiary/aromatic N) is 4. The topological polar surface area (TPSA) is 117 Å². The molecule has 2 aromatic carbocycles. The first-order valence-electron chi connectivity index (χ1n) is 10.8. The summed E-state index contributed by atoms with van der Waals surface area (Å²) in [5, 5.41) is 2.85. The molecule has 0 saturated heterocycles. The highest BCUT2D eigenvalue weighted by Crippen LogP contribution is 2.34. The van der Waals surface area contributed by atoms with Gasteiger partial charge in [0.1, 0.15) is 23.3 Å². The van der Waals surface area contributed by atoms with E-state index in [9.17, 15) is 9.59 Å². The van der Waals surface area contributed by atoms with Gasteiger partial charge >= 0.3 is 5.69 Å². The van der Waals surface area contributed by atoms with Crippen molar-refractivity contribution in [1.82, 2.24) is 24.4 Å². The number of nitrogens with one attached hydrogen (secondary N) is 1. The van der Waals surface area contributed by atoms with Gasteiger partial charge in [-0.05, 0) is 62.1 Å². The highest BCUT2D eigenvalue weighted by molar-refractivity contribution is 5.93. The van der Waals surface area contributed by atoms with Gasteiger partial charge in [-0.15, -0.1) is 0 Å². The van der Waals surface area contributed by atoms with Crippen molar-refractivity contribution >= 4 is 22.9 Å². The second kappa shape index (κ2) is 8.75. The number of ether oxygens (including phenoxy) is 1. The van der Waals surface area contributed by atoms with E-state index in [0.717, 1.165) is 5.75 Å². The molecule has 1 fully saturated rings. The number of anilines is 1. The fourth-order valence-electron chi connectivity index (χ4n) is 4.18. The monoisotopic (exact) mass is 454 g/mol. The van der Waals surface area contributed by atoms with Crippen molar-refractivity contribution in [3.8, 4) is 29.0 Å². The molecule has 3 N–H and O–H groups in total. The quantitative estimate of drug-likeness (QED) is 0.448. The summed E-state index contributed by atoms with van der Waals surface area (Å²) in [5.41, 5.74) is 7.45. The number of benzene rings is 2. The Labute approximate surface area is 195 Å². The van der Waals surface area contributed by atoms with E-state index >= 15 is 0 Å². The Morgan fingerprint density at radius 1 is 1.09 bits per heavy atom. The average molecular weight is 454 g/mol. The fraction of sp³-hybridized carbons (Fsp3) is 0.200. The lowest BCUT2D eigenvalue weighted by atomic mass is 9.86. The fourth-order valence-corrected chi connectivity index (χ4v) is 4.18. The molecule has 1 amide bonds. The van der Waals surface area contributed by atoms with Crippen molar-refractivity contribution in [1.29, 1.82) is 0 Å². The van der Waals surface area contributed by atoms with Gasteiger partial charge in [0.05, 0.1) is 5.69 Å². The molecule has 34 heavy (non-hydrogen) atoms. The molecule has 0 unspecified atom stereocenters. The van der Waals surface area contributed by atoms with E-state index in [0.29, 0.717) is 35.4 Å². The summed E-state index contributed by atoms with van der Waals surface area (Å²) in [6.07, 6.45) is 2.55. The number of carbonyl (C=O) groups is 1. The third kappa shape index (κ3) is 3.86. The van der Waals surface area contributed by atoms with Crippen LogP contribution in [0, 0.1) is 11.8 Å². The van der Waals surface area contributed by atoms with Crippen LogP contribution in [0.1, 0.15) is 25.8 Å². The van der Waals surface area contributed by atoms with Gasteiger partial charge in [0.2, 0.25) is 0 Å². The third-order valence-corrected chi connectivity index (χ3v) is 5.81.